The van der Waals surface area contributed by atoms with Crippen LogP contribution in [0.4, 0.5) is 0 Å². The lowest BCUT2D eigenvalue weighted by atomic mass is 10.4. The van der Waals surface area contributed by atoms with Gasteiger partial charge in [-0.05, 0) is 32.9 Å². The van der Waals surface area contributed by atoms with Crippen LogP contribution >= 0.6 is 11.3 Å². The van der Waals surface area contributed by atoms with Crippen LogP contribution in [0, 0.1) is 20.8 Å². The molecule has 0 saturated carbocycles. The van der Waals surface area contributed by atoms with Gasteiger partial charge in [-0.1, -0.05) is 11.3 Å². The lowest BCUT2D eigenvalue weighted by Gasteiger charge is -2.03. The molecule has 0 spiro atoms. The van der Waals surface area contributed by atoms with E-state index in [1.165, 1.54) is 11.3 Å². The van der Waals surface area contributed by atoms with Gasteiger partial charge in [-0.3, -0.25) is 9.36 Å². The number of thiazole rings is 1. The van der Waals surface area contributed by atoms with E-state index in [0.29, 0.717) is 4.88 Å². The van der Waals surface area contributed by atoms with Crippen LogP contribution < -0.4 is 5.32 Å². The van der Waals surface area contributed by atoms with Crippen molar-refractivity contribution >= 4 is 17.2 Å². The highest BCUT2D eigenvalue weighted by Gasteiger charge is 2.16. The molecule has 0 radical (unpaired) electrons. The zero-order chi connectivity index (χ0) is 12.6. The van der Waals surface area contributed by atoms with Crippen LogP contribution in [0.5, 0.6) is 0 Å². The molecule has 17 heavy (non-hydrogen) atoms. The molecule has 0 unspecified atom stereocenters. The minimum Gasteiger partial charge on any atom is -0.354 e. The highest BCUT2D eigenvalue weighted by Crippen LogP contribution is 2.24. The molecule has 0 atom stereocenters. The summed E-state index contributed by atoms with van der Waals surface area (Å²) >= 11 is 1.42. The maximum Gasteiger partial charge on any atom is 0.263 e. The van der Waals surface area contributed by atoms with E-state index in [9.17, 15) is 4.79 Å². The molecule has 0 saturated heterocycles. The number of hydrogen-bond donors (Lipinski definition) is 1. The molecule has 1 N–H and O–H groups in total. The molecule has 0 bridgehead atoms. The van der Waals surface area contributed by atoms with Crippen molar-refractivity contribution in [1.82, 2.24) is 14.9 Å². The standard InChI is InChI=1S/C12H15N3OS/c1-7-5-6-8(2)15(7)12-14-9(3)10(17-12)11(16)13-4/h5-6H,1-4H3,(H,13,16). The van der Waals surface area contributed by atoms with Gasteiger partial charge in [0.15, 0.2) is 5.13 Å². The third kappa shape index (κ3) is 1.98. The minimum atomic E-state index is -0.0753. The second-order valence-corrected chi connectivity index (χ2v) is 4.92. The minimum absolute atomic E-state index is 0.0753. The Hall–Kier alpha value is -1.62. The number of hydrogen-bond acceptors (Lipinski definition) is 3. The van der Waals surface area contributed by atoms with E-state index in [1.54, 1.807) is 7.05 Å². The van der Waals surface area contributed by atoms with Crippen molar-refractivity contribution in [3.63, 3.8) is 0 Å². The van der Waals surface area contributed by atoms with Gasteiger partial charge in [-0.25, -0.2) is 4.98 Å². The van der Waals surface area contributed by atoms with E-state index < -0.39 is 0 Å². The molecular formula is C12H15N3OS. The zero-order valence-corrected chi connectivity index (χ0v) is 11.2. The average molecular weight is 249 g/mol. The molecule has 2 aromatic heterocycles. The van der Waals surface area contributed by atoms with Crippen LogP contribution in [-0.4, -0.2) is 22.5 Å². The van der Waals surface area contributed by atoms with Crippen molar-refractivity contribution < 1.29 is 4.79 Å². The Morgan fingerprint density at radius 3 is 2.41 bits per heavy atom. The molecule has 2 aromatic rings. The molecule has 0 aliphatic carbocycles. The Labute approximate surface area is 104 Å². The first kappa shape index (κ1) is 11.9. The third-order valence-corrected chi connectivity index (χ3v) is 3.82. The van der Waals surface area contributed by atoms with Gasteiger partial charge in [0, 0.05) is 18.4 Å². The van der Waals surface area contributed by atoms with Crippen molar-refractivity contribution in [1.29, 1.82) is 0 Å². The maximum atomic E-state index is 11.6. The van der Waals surface area contributed by atoms with Gasteiger partial charge in [0.1, 0.15) is 4.88 Å². The number of amides is 1. The second-order valence-electron chi connectivity index (χ2n) is 3.94. The highest BCUT2D eigenvalue weighted by molar-refractivity contribution is 7.16. The quantitative estimate of drug-likeness (QED) is 0.887. The number of rotatable bonds is 2. The molecule has 0 aromatic carbocycles. The largest absolute Gasteiger partial charge is 0.354 e. The number of aromatic nitrogens is 2. The first-order chi connectivity index (χ1) is 8.04. The Bertz CT molecular complexity index is 549. The van der Waals surface area contributed by atoms with Crippen LogP contribution in [0.15, 0.2) is 12.1 Å². The van der Waals surface area contributed by atoms with Gasteiger partial charge >= 0.3 is 0 Å². The fourth-order valence-electron chi connectivity index (χ4n) is 1.77. The van der Waals surface area contributed by atoms with E-state index in [2.05, 4.69) is 14.9 Å². The summed E-state index contributed by atoms with van der Waals surface area (Å²) in [5.74, 6) is -0.0753. The molecule has 1 amide bonds. The molecule has 2 rings (SSSR count). The highest BCUT2D eigenvalue weighted by atomic mass is 32.1. The molecule has 90 valence electrons. The summed E-state index contributed by atoms with van der Waals surface area (Å²) in [4.78, 5) is 16.8. The van der Waals surface area contributed by atoms with Gasteiger partial charge in [0.05, 0.1) is 5.69 Å². The summed E-state index contributed by atoms with van der Waals surface area (Å²) in [5, 5.41) is 3.48. The fourth-order valence-corrected chi connectivity index (χ4v) is 2.90. The van der Waals surface area contributed by atoms with Crippen LogP contribution in [0.3, 0.4) is 0 Å². The van der Waals surface area contributed by atoms with Crippen LogP contribution in [0.2, 0.25) is 0 Å². The number of carbonyl (C=O) groups excluding carboxylic acids is 1. The monoisotopic (exact) mass is 249 g/mol. The molecule has 0 aliphatic rings. The molecule has 0 aliphatic heterocycles. The summed E-state index contributed by atoms with van der Waals surface area (Å²) in [5.41, 5.74) is 3.02. The Morgan fingerprint density at radius 2 is 1.88 bits per heavy atom. The summed E-state index contributed by atoms with van der Waals surface area (Å²) in [6.45, 7) is 5.92. The number of carbonyl (C=O) groups is 1. The number of nitrogens with one attached hydrogen (secondary N) is 1. The SMILES string of the molecule is CNC(=O)c1sc(-n2c(C)ccc2C)nc1C. The van der Waals surface area contributed by atoms with Gasteiger partial charge in [-0.2, -0.15) is 0 Å². The van der Waals surface area contributed by atoms with Gasteiger partial charge in [0.2, 0.25) is 0 Å². The third-order valence-electron chi connectivity index (χ3n) is 2.68. The Kier molecular flexibility index (Phi) is 3.02. The number of aryl methyl sites for hydroxylation is 3. The van der Waals surface area contributed by atoms with E-state index in [-0.39, 0.29) is 5.91 Å². The summed E-state index contributed by atoms with van der Waals surface area (Å²) in [7, 11) is 1.63. The van der Waals surface area contributed by atoms with Crippen molar-refractivity contribution in [2.45, 2.75) is 20.8 Å². The van der Waals surface area contributed by atoms with Crippen molar-refractivity contribution in [3.05, 3.63) is 34.1 Å². The molecule has 5 heteroatoms. The summed E-state index contributed by atoms with van der Waals surface area (Å²) in [6.07, 6.45) is 0. The predicted octanol–water partition coefficient (Wildman–Crippen LogP) is 2.22. The molecule has 2 heterocycles. The van der Waals surface area contributed by atoms with Gasteiger partial charge in [-0.15, -0.1) is 0 Å². The van der Waals surface area contributed by atoms with Gasteiger partial charge in [0.25, 0.3) is 5.91 Å². The molecule has 0 fully saturated rings. The van der Waals surface area contributed by atoms with Crippen LogP contribution in [-0.2, 0) is 0 Å². The van der Waals surface area contributed by atoms with Crippen molar-refractivity contribution in [3.8, 4) is 5.13 Å². The fraction of sp³-hybridized carbons (Fsp3) is 0.333. The lowest BCUT2D eigenvalue weighted by Crippen LogP contribution is -2.17. The maximum absolute atomic E-state index is 11.6. The molecular weight excluding hydrogens is 234 g/mol. The number of nitrogens with zero attached hydrogens (tertiary/aromatic N) is 2. The zero-order valence-electron chi connectivity index (χ0n) is 10.4. The van der Waals surface area contributed by atoms with Crippen molar-refractivity contribution in [2.24, 2.45) is 0 Å². The summed E-state index contributed by atoms with van der Waals surface area (Å²) in [6, 6.07) is 4.09. The van der Waals surface area contributed by atoms with Crippen LogP contribution in [0.1, 0.15) is 26.8 Å². The van der Waals surface area contributed by atoms with Crippen LogP contribution in [0.25, 0.3) is 5.13 Å². The normalized spacial score (nSPS) is 10.6. The summed E-state index contributed by atoms with van der Waals surface area (Å²) < 4.78 is 2.06. The molecule has 4 nitrogen and oxygen atoms in total. The first-order valence-corrected chi connectivity index (χ1v) is 6.21. The van der Waals surface area contributed by atoms with E-state index in [0.717, 1.165) is 22.2 Å². The van der Waals surface area contributed by atoms with E-state index >= 15 is 0 Å². The Balaban J connectivity index is 2.52. The average Bonchev–Trinajstić information content (AvgIpc) is 2.81. The van der Waals surface area contributed by atoms with E-state index in [4.69, 9.17) is 0 Å². The van der Waals surface area contributed by atoms with Gasteiger partial charge < -0.3 is 5.32 Å². The Morgan fingerprint density at radius 1 is 1.29 bits per heavy atom. The lowest BCUT2D eigenvalue weighted by molar-refractivity contribution is 0.0966. The van der Waals surface area contributed by atoms with E-state index in [1.807, 2.05) is 32.9 Å². The topological polar surface area (TPSA) is 46.9 Å². The predicted molar refractivity (Wildman–Crippen MR) is 69.0 cm³/mol. The second kappa shape index (κ2) is 4.33. The first-order valence-electron chi connectivity index (χ1n) is 5.39. The van der Waals surface area contributed by atoms with Crippen molar-refractivity contribution in [2.75, 3.05) is 7.05 Å². The smallest absolute Gasteiger partial charge is 0.263 e.